The summed E-state index contributed by atoms with van der Waals surface area (Å²) < 4.78 is 0. The van der Waals surface area contributed by atoms with Crippen molar-refractivity contribution in [1.82, 2.24) is 0 Å². The maximum absolute atomic E-state index is 9.79. The molecule has 0 aromatic rings. The van der Waals surface area contributed by atoms with Crippen LogP contribution in [0, 0.1) is 0 Å². The summed E-state index contributed by atoms with van der Waals surface area (Å²) in [5, 5.41) is 19.6. The molecule has 0 fully saturated rings. The van der Waals surface area contributed by atoms with Gasteiger partial charge in [0.25, 0.3) is 0 Å². The van der Waals surface area contributed by atoms with Gasteiger partial charge in [-0.2, -0.15) is 0 Å². The van der Waals surface area contributed by atoms with Crippen LogP contribution in [0.2, 0.25) is 0 Å². The molecular formula is C8H6Ag2O4. The van der Waals surface area contributed by atoms with Crippen LogP contribution in [0.3, 0.4) is 0 Å². The third-order valence-corrected chi connectivity index (χ3v) is 0.798. The standard InChI is InChI=1S/C8H8O4.2Ag/c9-7(10)5-3-1-2-4-6-8(11)12;;/h1-6H,(H,9,10)(H,11,12);;/q;2*+1/p-2/b2-1+,5-3+,6-4+;;. The molecule has 0 amide bonds. The Hall–Kier alpha value is -0.359. The van der Waals surface area contributed by atoms with E-state index < -0.39 is 11.9 Å². The van der Waals surface area contributed by atoms with E-state index in [1.165, 1.54) is 24.3 Å². The van der Waals surface area contributed by atoms with Gasteiger partial charge in [0.1, 0.15) is 0 Å². The van der Waals surface area contributed by atoms with E-state index in [0.29, 0.717) is 0 Å². The maximum Gasteiger partial charge on any atom is 1.00 e. The van der Waals surface area contributed by atoms with Crippen LogP contribution in [0.1, 0.15) is 0 Å². The molecule has 14 heavy (non-hydrogen) atoms. The van der Waals surface area contributed by atoms with Crippen LogP contribution in [0.15, 0.2) is 36.5 Å². The van der Waals surface area contributed by atoms with Crippen molar-refractivity contribution in [1.29, 1.82) is 0 Å². The number of carboxylic acid groups (broad SMARTS) is 2. The number of rotatable bonds is 4. The fourth-order valence-corrected chi connectivity index (χ4v) is 0.397. The van der Waals surface area contributed by atoms with Gasteiger partial charge in [0.15, 0.2) is 0 Å². The molecule has 0 saturated heterocycles. The summed E-state index contributed by atoms with van der Waals surface area (Å²) >= 11 is 0. The molecule has 0 unspecified atom stereocenters. The van der Waals surface area contributed by atoms with Gasteiger partial charge in [-0.1, -0.05) is 24.3 Å². The molecule has 0 atom stereocenters. The second-order valence-corrected chi connectivity index (χ2v) is 1.74. The molecule has 0 rings (SSSR count). The predicted octanol–water partition coefficient (Wildman–Crippen LogP) is -1.85. The predicted molar refractivity (Wildman–Crippen MR) is 37.4 cm³/mol. The number of hydrogen-bond donors (Lipinski definition) is 0. The fourth-order valence-electron chi connectivity index (χ4n) is 0.397. The minimum Gasteiger partial charge on any atom is -0.545 e. The second-order valence-electron chi connectivity index (χ2n) is 1.74. The quantitative estimate of drug-likeness (QED) is 0.325. The Labute approximate surface area is 112 Å². The smallest absolute Gasteiger partial charge is 0.545 e. The summed E-state index contributed by atoms with van der Waals surface area (Å²) in [6.07, 6.45) is 6.79. The van der Waals surface area contributed by atoms with Crippen molar-refractivity contribution in [2.75, 3.05) is 0 Å². The van der Waals surface area contributed by atoms with Crippen molar-refractivity contribution in [3.8, 4) is 0 Å². The molecule has 0 aromatic carbocycles. The van der Waals surface area contributed by atoms with E-state index in [2.05, 4.69) is 0 Å². The van der Waals surface area contributed by atoms with E-state index >= 15 is 0 Å². The Kier molecular flexibility index (Phi) is 17.4. The number of carbonyl (C=O) groups is 2. The number of carboxylic acids is 2. The topological polar surface area (TPSA) is 80.3 Å². The number of aliphatic carboxylic acids is 2. The zero-order valence-corrected chi connectivity index (χ0v) is 9.66. The Morgan fingerprint density at radius 1 is 0.714 bits per heavy atom. The van der Waals surface area contributed by atoms with Crippen LogP contribution in [0.5, 0.6) is 0 Å². The van der Waals surface area contributed by atoms with Gasteiger partial charge in [-0.3, -0.25) is 0 Å². The minimum absolute atomic E-state index is 0. The van der Waals surface area contributed by atoms with E-state index in [9.17, 15) is 19.8 Å². The molecule has 0 aliphatic heterocycles. The van der Waals surface area contributed by atoms with Gasteiger partial charge in [0.2, 0.25) is 0 Å². The molecule has 0 N–H and O–H groups in total. The average Bonchev–Trinajstić information content (AvgIpc) is 1.95. The molecule has 84 valence electrons. The third kappa shape index (κ3) is 17.7. The first-order valence-electron chi connectivity index (χ1n) is 3.06. The summed E-state index contributed by atoms with van der Waals surface area (Å²) in [7, 11) is 0. The van der Waals surface area contributed by atoms with Gasteiger partial charge in [-0.25, -0.2) is 0 Å². The molecule has 0 aliphatic rings. The normalized spacial score (nSPS) is 10.0. The van der Waals surface area contributed by atoms with Crippen molar-refractivity contribution in [2.45, 2.75) is 0 Å². The van der Waals surface area contributed by atoms with Crippen LogP contribution >= 0.6 is 0 Å². The first-order chi connectivity index (χ1) is 5.63. The Morgan fingerprint density at radius 3 is 1.21 bits per heavy atom. The first-order valence-corrected chi connectivity index (χ1v) is 3.06. The summed E-state index contributed by atoms with van der Waals surface area (Å²) in [6.45, 7) is 0. The zero-order valence-electron chi connectivity index (χ0n) is 6.70. The van der Waals surface area contributed by atoms with E-state index in [0.717, 1.165) is 12.2 Å². The van der Waals surface area contributed by atoms with Crippen LogP contribution in [0.25, 0.3) is 0 Å². The van der Waals surface area contributed by atoms with E-state index in [1.54, 1.807) is 0 Å². The average molecular weight is 382 g/mol. The molecule has 0 heterocycles. The van der Waals surface area contributed by atoms with Crippen LogP contribution in [-0.4, -0.2) is 11.9 Å². The van der Waals surface area contributed by atoms with Crippen LogP contribution in [0.4, 0.5) is 0 Å². The van der Waals surface area contributed by atoms with Gasteiger partial charge in [-0.05, 0) is 12.2 Å². The van der Waals surface area contributed by atoms with Gasteiger partial charge in [-0.15, -0.1) is 0 Å². The largest absolute Gasteiger partial charge is 1.00 e. The van der Waals surface area contributed by atoms with Crippen LogP contribution < -0.4 is 10.2 Å². The molecule has 0 saturated carbocycles. The molecule has 0 bridgehead atoms. The molecule has 6 heteroatoms. The monoisotopic (exact) mass is 380 g/mol. The Morgan fingerprint density at radius 2 is 1.00 bits per heavy atom. The van der Waals surface area contributed by atoms with Gasteiger partial charge >= 0.3 is 44.8 Å². The van der Waals surface area contributed by atoms with E-state index in [1.807, 2.05) is 0 Å². The van der Waals surface area contributed by atoms with E-state index in [-0.39, 0.29) is 44.8 Å². The second kappa shape index (κ2) is 12.6. The van der Waals surface area contributed by atoms with Crippen molar-refractivity contribution < 1.29 is 64.6 Å². The summed E-state index contributed by atoms with van der Waals surface area (Å²) in [6, 6.07) is 0. The number of hydrogen-bond acceptors (Lipinski definition) is 4. The molecule has 0 spiro atoms. The van der Waals surface area contributed by atoms with Crippen molar-refractivity contribution in [3.05, 3.63) is 36.5 Å². The van der Waals surface area contributed by atoms with Crippen molar-refractivity contribution in [2.24, 2.45) is 0 Å². The SMILES string of the molecule is O=C([O-])/C=C/C=C/C=C/C(=O)[O-].[Ag+].[Ag+]. The third-order valence-electron chi connectivity index (χ3n) is 0.798. The van der Waals surface area contributed by atoms with Crippen molar-refractivity contribution >= 4 is 11.9 Å². The summed E-state index contributed by atoms with van der Waals surface area (Å²) in [5.74, 6) is -2.60. The van der Waals surface area contributed by atoms with E-state index in [4.69, 9.17) is 0 Å². The van der Waals surface area contributed by atoms with Gasteiger partial charge < -0.3 is 19.8 Å². The first kappa shape index (κ1) is 19.3. The number of carbonyl (C=O) groups excluding carboxylic acids is 2. The fraction of sp³-hybridized carbons (Fsp3) is 0. The Bertz CT molecular complexity index is 230. The molecular weight excluding hydrogens is 376 g/mol. The van der Waals surface area contributed by atoms with Crippen molar-refractivity contribution in [3.63, 3.8) is 0 Å². The van der Waals surface area contributed by atoms with Crippen LogP contribution in [-0.2, 0) is 54.3 Å². The maximum atomic E-state index is 9.79. The zero-order chi connectivity index (χ0) is 9.40. The number of allylic oxidation sites excluding steroid dienone is 4. The van der Waals surface area contributed by atoms with Gasteiger partial charge in [0, 0.05) is 0 Å². The van der Waals surface area contributed by atoms with Gasteiger partial charge in [0.05, 0.1) is 11.9 Å². The Balaban J connectivity index is -0.000000605. The minimum atomic E-state index is -1.30. The molecule has 0 aliphatic carbocycles. The molecule has 4 nitrogen and oxygen atoms in total. The molecule has 0 aromatic heterocycles. The summed E-state index contributed by atoms with van der Waals surface area (Å²) in [5.41, 5.74) is 0. The summed E-state index contributed by atoms with van der Waals surface area (Å²) in [4.78, 5) is 19.6. The molecule has 0 radical (unpaired) electrons.